The predicted molar refractivity (Wildman–Crippen MR) is 108 cm³/mol. The van der Waals surface area contributed by atoms with Gasteiger partial charge in [0, 0.05) is 18.7 Å². The van der Waals surface area contributed by atoms with E-state index in [-0.39, 0.29) is 18.5 Å². The minimum absolute atomic E-state index is 0.162. The summed E-state index contributed by atoms with van der Waals surface area (Å²) in [4.78, 5) is 17.3. The number of anilines is 2. The maximum atomic E-state index is 12.6. The van der Waals surface area contributed by atoms with Gasteiger partial charge in [-0.1, -0.05) is 12.1 Å². The van der Waals surface area contributed by atoms with Crippen LogP contribution in [-0.2, 0) is 16.1 Å². The van der Waals surface area contributed by atoms with Crippen molar-refractivity contribution in [3.8, 4) is 0 Å². The molecule has 1 atom stereocenters. The number of aromatic nitrogens is 1. The number of nitrogens with zero attached hydrogens (tertiary/aromatic N) is 1. The molecule has 0 radical (unpaired) electrons. The lowest BCUT2D eigenvalue weighted by Crippen LogP contribution is -2.34. The molecule has 2 aromatic rings. The van der Waals surface area contributed by atoms with Crippen molar-refractivity contribution in [2.24, 2.45) is 5.41 Å². The first-order chi connectivity index (χ1) is 12.7. The first-order valence-corrected chi connectivity index (χ1v) is 8.91. The van der Waals surface area contributed by atoms with E-state index in [4.69, 9.17) is 10.5 Å². The number of carbonyl (C=O) groups is 1. The number of pyridine rings is 1. The molecule has 0 saturated heterocycles. The number of nitrogen functional groups attached to an aromatic ring is 1. The summed E-state index contributed by atoms with van der Waals surface area (Å²) in [6.45, 7) is 7.35. The summed E-state index contributed by atoms with van der Waals surface area (Å²) in [7, 11) is 3.20. The highest BCUT2D eigenvalue weighted by Crippen LogP contribution is 2.44. The molecule has 0 fully saturated rings. The minimum Gasteiger partial charge on any atom is -0.469 e. The van der Waals surface area contributed by atoms with Crippen molar-refractivity contribution in [3.63, 3.8) is 0 Å². The van der Waals surface area contributed by atoms with Gasteiger partial charge in [0.05, 0.1) is 36.2 Å². The zero-order valence-corrected chi connectivity index (χ0v) is 16.9. The van der Waals surface area contributed by atoms with E-state index in [2.05, 4.69) is 10.3 Å². The van der Waals surface area contributed by atoms with Crippen LogP contribution in [0.15, 0.2) is 24.3 Å². The molecule has 146 valence electrons. The number of ether oxygens (including phenoxy) is 1. The van der Waals surface area contributed by atoms with Crippen LogP contribution in [0.2, 0.25) is 0 Å². The third-order valence-corrected chi connectivity index (χ3v) is 5.24. The van der Waals surface area contributed by atoms with Crippen molar-refractivity contribution >= 4 is 17.3 Å². The van der Waals surface area contributed by atoms with Gasteiger partial charge in [-0.15, -0.1) is 0 Å². The number of methoxy groups -OCH3 is 1. The molecule has 0 aliphatic carbocycles. The van der Waals surface area contributed by atoms with Crippen LogP contribution in [0.3, 0.4) is 0 Å². The van der Waals surface area contributed by atoms with Gasteiger partial charge in [-0.2, -0.15) is 0 Å². The van der Waals surface area contributed by atoms with Crippen LogP contribution in [0.4, 0.5) is 11.4 Å². The molecule has 0 aliphatic heterocycles. The van der Waals surface area contributed by atoms with Crippen LogP contribution in [0.1, 0.15) is 47.8 Å². The monoisotopic (exact) mass is 371 g/mol. The number of hydrogen-bond acceptors (Lipinski definition) is 6. The summed E-state index contributed by atoms with van der Waals surface area (Å²) in [6.07, 6.45) is 0. The molecule has 1 aromatic heterocycles. The highest BCUT2D eigenvalue weighted by atomic mass is 16.5. The average Bonchev–Trinajstić information content (AvgIpc) is 2.65. The number of aliphatic hydroxyl groups is 1. The van der Waals surface area contributed by atoms with Crippen LogP contribution in [0.5, 0.6) is 0 Å². The van der Waals surface area contributed by atoms with Crippen LogP contribution >= 0.6 is 0 Å². The van der Waals surface area contributed by atoms with Crippen molar-refractivity contribution in [1.29, 1.82) is 0 Å². The third kappa shape index (κ3) is 3.76. The molecule has 1 heterocycles. The van der Waals surface area contributed by atoms with Gasteiger partial charge < -0.3 is 20.9 Å². The Morgan fingerprint density at radius 1 is 1.30 bits per heavy atom. The van der Waals surface area contributed by atoms with Crippen molar-refractivity contribution in [3.05, 3.63) is 52.3 Å². The quantitative estimate of drug-likeness (QED) is 0.533. The number of nitrogens with one attached hydrogen (secondary N) is 1. The fraction of sp³-hybridized carbons (Fsp3) is 0.429. The molecule has 2 rings (SSSR count). The third-order valence-electron chi connectivity index (χ3n) is 5.24. The smallest absolute Gasteiger partial charge is 0.312 e. The van der Waals surface area contributed by atoms with Crippen LogP contribution in [0, 0.1) is 19.3 Å². The second-order valence-corrected chi connectivity index (χ2v) is 7.30. The Labute approximate surface area is 160 Å². The minimum atomic E-state index is -0.887. The van der Waals surface area contributed by atoms with E-state index in [1.54, 1.807) is 0 Å². The second-order valence-electron chi connectivity index (χ2n) is 7.30. The number of rotatable bonds is 6. The van der Waals surface area contributed by atoms with Gasteiger partial charge in [0.25, 0.3) is 0 Å². The first-order valence-electron chi connectivity index (χ1n) is 8.91. The summed E-state index contributed by atoms with van der Waals surface area (Å²) in [5.41, 5.74) is 10.9. The summed E-state index contributed by atoms with van der Waals surface area (Å²) >= 11 is 0. The number of hydrogen-bond donors (Lipinski definition) is 3. The van der Waals surface area contributed by atoms with E-state index in [9.17, 15) is 9.90 Å². The summed E-state index contributed by atoms with van der Waals surface area (Å²) in [5, 5.41) is 12.7. The fourth-order valence-corrected chi connectivity index (χ4v) is 3.48. The van der Waals surface area contributed by atoms with Crippen LogP contribution < -0.4 is 11.1 Å². The van der Waals surface area contributed by atoms with Gasteiger partial charge in [-0.25, -0.2) is 0 Å². The highest BCUT2D eigenvalue weighted by molar-refractivity contribution is 5.79. The van der Waals surface area contributed by atoms with Gasteiger partial charge in [0.15, 0.2) is 0 Å². The lowest BCUT2D eigenvalue weighted by atomic mass is 9.71. The molecule has 1 aromatic carbocycles. The van der Waals surface area contributed by atoms with Gasteiger partial charge in [0.1, 0.15) is 0 Å². The molecule has 0 bridgehead atoms. The van der Waals surface area contributed by atoms with Crippen LogP contribution in [-0.4, -0.2) is 30.2 Å². The van der Waals surface area contributed by atoms with Gasteiger partial charge in [0.2, 0.25) is 0 Å². The lowest BCUT2D eigenvalue weighted by molar-refractivity contribution is -0.151. The van der Waals surface area contributed by atoms with Crippen molar-refractivity contribution in [2.75, 3.05) is 25.2 Å². The number of aliphatic hydroxyl groups excluding tert-OH is 1. The molecular formula is C21H29N3O3. The topological polar surface area (TPSA) is 97.5 Å². The molecule has 1 unspecified atom stereocenters. The number of nitrogens with two attached hydrogens (primary N) is 1. The van der Waals surface area contributed by atoms with Gasteiger partial charge >= 0.3 is 5.97 Å². The molecule has 0 spiro atoms. The van der Waals surface area contributed by atoms with E-state index in [0.717, 1.165) is 22.4 Å². The summed E-state index contributed by atoms with van der Waals surface area (Å²) in [6, 6.07) is 7.67. The van der Waals surface area contributed by atoms with Crippen molar-refractivity contribution in [2.45, 2.75) is 40.2 Å². The molecule has 0 amide bonds. The molecular weight excluding hydrogens is 342 g/mol. The fourth-order valence-electron chi connectivity index (χ4n) is 3.48. The number of benzene rings is 1. The molecule has 6 heteroatoms. The molecule has 6 nitrogen and oxygen atoms in total. The Kier molecular flexibility index (Phi) is 6.11. The zero-order chi connectivity index (χ0) is 20.4. The largest absolute Gasteiger partial charge is 0.469 e. The van der Waals surface area contributed by atoms with Crippen molar-refractivity contribution < 1.29 is 14.6 Å². The van der Waals surface area contributed by atoms with E-state index >= 15 is 0 Å². The van der Waals surface area contributed by atoms with Gasteiger partial charge in [-0.05, 0) is 56.5 Å². The number of carbonyl (C=O) groups excluding carboxylic acids is 1. The highest BCUT2D eigenvalue weighted by Gasteiger charge is 2.41. The first kappa shape index (κ1) is 20.7. The Hall–Kier alpha value is -2.60. The van der Waals surface area contributed by atoms with E-state index in [1.807, 2.05) is 59.0 Å². The lowest BCUT2D eigenvalue weighted by Gasteiger charge is -2.33. The van der Waals surface area contributed by atoms with Gasteiger partial charge in [-0.3, -0.25) is 9.78 Å². The van der Waals surface area contributed by atoms with Crippen LogP contribution in [0.25, 0.3) is 0 Å². The maximum absolute atomic E-state index is 12.6. The normalized spacial score (nSPS) is 12.6. The Morgan fingerprint density at radius 2 is 1.96 bits per heavy atom. The van der Waals surface area contributed by atoms with E-state index < -0.39 is 5.41 Å². The molecule has 0 aliphatic rings. The second kappa shape index (κ2) is 7.96. The Morgan fingerprint density at radius 3 is 2.52 bits per heavy atom. The Bertz CT molecular complexity index is 847. The molecule has 4 N–H and O–H groups in total. The van der Waals surface area contributed by atoms with Crippen molar-refractivity contribution in [1.82, 2.24) is 4.98 Å². The predicted octanol–water partition coefficient (Wildman–Crippen LogP) is 3.15. The average molecular weight is 371 g/mol. The molecule has 0 saturated carbocycles. The number of aryl methyl sites for hydroxylation is 1. The van der Waals surface area contributed by atoms with E-state index in [0.29, 0.717) is 17.1 Å². The van der Waals surface area contributed by atoms with E-state index in [1.165, 1.54) is 7.11 Å². The maximum Gasteiger partial charge on any atom is 0.312 e. The number of esters is 1. The zero-order valence-electron chi connectivity index (χ0n) is 16.9. The molecule has 27 heavy (non-hydrogen) atoms. The standard InChI is InChI=1S/C21H29N3O3/c1-12-7-9-15(24-17(12)11-25)18(21(3,4)20(26)27-6)14-8-10-16(23-5)19(22)13(14)2/h7-10,18,23,25H,11,22H2,1-6H3. The summed E-state index contributed by atoms with van der Waals surface area (Å²) < 4.78 is 5.07. The SMILES string of the molecule is CNc1ccc(C(c2ccc(C)c(CO)n2)C(C)(C)C(=O)OC)c(C)c1N. The Balaban J connectivity index is 2.76. The summed E-state index contributed by atoms with van der Waals surface area (Å²) in [5.74, 6) is -0.722.